The maximum absolute atomic E-state index is 11.6. The SMILES string of the molecule is CCc1cccc2c(C=O)c(-c3ccccc3C)[nH]c12. The summed E-state index contributed by atoms with van der Waals surface area (Å²) in [7, 11) is 0. The lowest BCUT2D eigenvalue weighted by atomic mass is 10.0. The number of fused-ring (bicyclic) bond motifs is 1. The second-order valence-corrected chi connectivity index (χ2v) is 5.04. The lowest BCUT2D eigenvalue weighted by molar-refractivity contribution is 0.112. The van der Waals surface area contributed by atoms with Crippen LogP contribution in [0.5, 0.6) is 0 Å². The third-order valence-electron chi connectivity index (χ3n) is 3.87. The zero-order valence-electron chi connectivity index (χ0n) is 11.7. The van der Waals surface area contributed by atoms with E-state index in [9.17, 15) is 4.79 Å². The van der Waals surface area contributed by atoms with Gasteiger partial charge in [0.25, 0.3) is 0 Å². The number of hydrogen-bond acceptors (Lipinski definition) is 1. The molecular weight excluding hydrogens is 246 g/mol. The molecule has 3 rings (SSSR count). The average molecular weight is 263 g/mol. The van der Waals surface area contributed by atoms with Gasteiger partial charge in [0, 0.05) is 22.0 Å². The van der Waals surface area contributed by atoms with E-state index in [2.05, 4.69) is 37.0 Å². The number of rotatable bonds is 3. The molecule has 3 aromatic rings. The van der Waals surface area contributed by atoms with Gasteiger partial charge in [-0.1, -0.05) is 49.4 Å². The standard InChI is InChI=1S/C18H17NO/c1-3-13-8-6-10-15-16(11-20)18(19-17(13)15)14-9-5-4-7-12(14)2/h4-11,19H,3H2,1-2H3. The van der Waals surface area contributed by atoms with E-state index in [1.54, 1.807) is 0 Å². The molecule has 0 bridgehead atoms. The van der Waals surface area contributed by atoms with Crippen molar-refractivity contribution in [2.24, 2.45) is 0 Å². The first-order valence-corrected chi connectivity index (χ1v) is 6.91. The first-order chi connectivity index (χ1) is 9.76. The molecule has 20 heavy (non-hydrogen) atoms. The van der Waals surface area contributed by atoms with Gasteiger partial charge in [0.15, 0.2) is 6.29 Å². The van der Waals surface area contributed by atoms with Crippen molar-refractivity contribution in [1.82, 2.24) is 4.98 Å². The Balaban J connectivity index is 2.37. The number of aldehydes is 1. The summed E-state index contributed by atoms with van der Waals surface area (Å²) in [6.07, 6.45) is 1.91. The number of nitrogens with one attached hydrogen (secondary N) is 1. The van der Waals surface area contributed by atoms with Gasteiger partial charge in [-0.25, -0.2) is 0 Å². The van der Waals surface area contributed by atoms with Crippen LogP contribution in [0.3, 0.4) is 0 Å². The Morgan fingerprint density at radius 1 is 1.10 bits per heavy atom. The maximum atomic E-state index is 11.6. The molecule has 0 fully saturated rings. The fourth-order valence-electron chi connectivity index (χ4n) is 2.78. The number of hydrogen-bond donors (Lipinski definition) is 1. The summed E-state index contributed by atoms with van der Waals surface area (Å²) in [5.41, 5.74) is 6.26. The quantitative estimate of drug-likeness (QED) is 0.692. The van der Waals surface area contributed by atoms with Crippen molar-refractivity contribution in [2.45, 2.75) is 20.3 Å². The summed E-state index contributed by atoms with van der Waals surface area (Å²) in [5, 5.41) is 1.01. The monoisotopic (exact) mass is 263 g/mol. The Morgan fingerprint density at radius 2 is 1.90 bits per heavy atom. The summed E-state index contributed by atoms with van der Waals surface area (Å²) in [6.45, 7) is 4.19. The van der Waals surface area contributed by atoms with Crippen LogP contribution < -0.4 is 0 Å². The van der Waals surface area contributed by atoms with Crippen LogP contribution in [0.15, 0.2) is 42.5 Å². The van der Waals surface area contributed by atoms with Gasteiger partial charge in [0.05, 0.1) is 5.69 Å². The Morgan fingerprint density at radius 3 is 2.60 bits per heavy atom. The highest BCUT2D eigenvalue weighted by Crippen LogP contribution is 2.32. The fourth-order valence-corrected chi connectivity index (χ4v) is 2.78. The molecule has 0 aliphatic carbocycles. The number of aromatic nitrogens is 1. The largest absolute Gasteiger partial charge is 0.354 e. The smallest absolute Gasteiger partial charge is 0.152 e. The molecule has 0 radical (unpaired) electrons. The normalized spacial score (nSPS) is 10.9. The average Bonchev–Trinajstić information content (AvgIpc) is 2.85. The molecule has 1 heterocycles. The molecule has 0 amide bonds. The Kier molecular flexibility index (Phi) is 3.15. The van der Waals surface area contributed by atoms with E-state index in [-0.39, 0.29) is 0 Å². The van der Waals surface area contributed by atoms with Gasteiger partial charge in [0.2, 0.25) is 0 Å². The highest BCUT2D eigenvalue weighted by Gasteiger charge is 2.15. The highest BCUT2D eigenvalue weighted by molar-refractivity contribution is 6.05. The van der Waals surface area contributed by atoms with Crippen LogP contribution in [-0.4, -0.2) is 11.3 Å². The van der Waals surface area contributed by atoms with E-state index in [4.69, 9.17) is 0 Å². The summed E-state index contributed by atoms with van der Waals surface area (Å²) in [5.74, 6) is 0. The van der Waals surface area contributed by atoms with Gasteiger partial charge in [-0.15, -0.1) is 0 Å². The summed E-state index contributed by atoms with van der Waals surface area (Å²) in [6, 6.07) is 14.3. The molecule has 0 aliphatic heterocycles. The molecule has 0 unspecified atom stereocenters. The van der Waals surface area contributed by atoms with Crippen LogP contribution in [0.2, 0.25) is 0 Å². The van der Waals surface area contributed by atoms with Crippen molar-refractivity contribution in [2.75, 3.05) is 0 Å². The number of carbonyl (C=O) groups excluding carboxylic acids is 1. The lowest BCUT2D eigenvalue weighted by Crippen LogP contribution is -1.87. The van der Waals surface area contributed by atoms with Gasteiger partial charge in [-0.2, -0.15) is 0 Å². The highest BCUT2D eigenvalue weighted by atomic mass is 16.1. The number of H-pyrrole nitrogens is 1. The number of aromatic amines is 1. The summed E-state index contributed by atoms with van der Waals surface area (Å²) in [4.78, 5) is 15.0. The fraction of sp³-hybridized carbons (Fsp3) is 0.167. The molecule has 1 aromatic heterocycles. The van der Waals surface area contributed by atoms with E-state index in [0.717, 1.165) is 40.4 Å². The second-order valence-electron chi connectivity index (χ2n) is 5.04. The van der Waals surface area contributed by atoms with Crippen molar-refractivity contribution < 1.29 is 4.79 Å². The van der Waals surface area contributed by atoms with Crippen molar-refractivity contribution >= 4 is 17.2 Å². The molecule has 0 aliphatic rings. The van der Waals surface area contributed by atoms with Crippen molar-refractivity contribution in [3.05, 3.63) is 59.2 Å². The van der Waals surface area contributed by atoms with Crippen molar-refractivity contribution in [1.29, 1.82) is 0 Å². The van der Waals surface area contributed by atoms with Crippen LogP contribution in [0, 0.1) is 6.92 Å². The van der Waals surface area contributed by atoms with E-state index in [1.165, 1.54) is 11.1 Å². The summed E-state index contributed by atoms with van der Waals surface area (Å²) >= 11 is 0. The number of benzene rings is 2. The number of carbonyl (C=O) groups is 1. The van der Waals surface area contributed by atoms with E-state index in [1.807, 2.05) is 24.3 Å². The molecule has 2 nitrogen and oxygen atoms in total. The van der Waals surface area contributed by atoms with Gasteiger partial charge in [0.1, 0.15) is 0 Å². The van der Waals surface area contributed by atoms with Crippen LogP contribution in [0.4, 0.5) is 0 Å². The topological polar surface area (TPSA) is 32.9 Å². The van der Waals surface area contributed by atoms with Gasteiger partial charge < -0.3 is 4.98 Å². The Hall–Kier alpha value is -2.35. The zero-order chi connectivity index (χ0) is 14.1. The van der Waals surface area contributed by atoms with Crippen molar-refractivity contribution in [3.63, 3.8) is 0 Å². The van der Waals surface area contributed by atoms with Crippen LogP contribution in [0.25, 0.3) is 22.2 Å². The Bertz CT molecular complexity index is 783. The van der Waals surface area contributed by atoms with Crippen LogP contribution >= 0.6 is 0 Å². The number of aryl methyl sites for hydroxylation is 2. The predicted octanol–water partition coefficient (Wildman–Crippen LogP) is 4.52. The molecule has 100 valence electrons. The molecular formula is C18H17NO. The predicted molar refractivity (Wildman–Crippen MR) is 83.2 cm³/mol. The summed E-state index contributed by atoms with van der Waals surface area (Å²) < 4.78 is 0. The van der Waals surface area contributed by atoms with E-state index >= 15 is 0 Å². The molecule has 1 N–H and O–H groups in total. The minimum absolute atomic E-state index is 0.754. The molecule has 0 atom stereocenters. The van der Waals surface area contributed by atoms with E-state index in [0.29, 0.717) is 0 Å². The molecule has 0 saturated heterocycles. The van der Waals surface area contributed by atoms with Crippen LogP contribution in [-0.2, 0) is 6.42 Å². The molecule has 2 aromatic carbocycles. The minimum atomic E-state index is 0.754. The molecule has 2 heteroatoms. The second kappa shape index (κ2) is 4.97. The van der Waals surface area contributed by atoms with Crippen molar-refractivity contribution in [3.8, 4) is 11.3 Å². The minimum Gasteiger partial charge on any atom is -0.354 e. The maximum Gasteiger partial charge on any atom is 0.152 e. The third kappa shape index (κ3) is 1.85. The Labute approximate surface area is 118 Å². The van der Waals surface area contributed by atoms with E-state index < -0.39 is 0 Å². The third-order valence-corrected chi connectivity index (χ3v) is 3.87. The van der Waals surface area contributed by atoms with Crippen LogP contribution in [0.1, 0.15) is 28.4 Å². The molecule has 0 spiro atoms. The first kappa shape index (κ1) is 12.7. The first-order valence-electron chi connectivity index (χ1n) is 6.91. The number of para-hydroxylation sites is 1. The van der Waals surface area contributed by atoms with Gasteiger partial charge in [-0.05, 0) is 24.5 Å². The zero-order valence-corrected chi connectivity index (χ0v) is 11.7. The van der Waals surface area contributed by atoms with Gasteiger partial charge >= 0.3 is 0 Å². The van der Waals surface area contributed by atoms with Gasteiger partial charge in [-0.3, -0.25) is 4.79 Å². The molecule has 0 saturated carbocycles. The lowest BCUT2D eigenvalue weighted by Gasteiger charge is -2.04.